The summed E-state index contributed by atoms with van der Waals surface area (Å²) >= 11 is 0. The zero-order valence-corrected chi connectivity index (χ0v) is 29.1. The van der Waals surface area contributed by atoms with Crippen molar-refractivity contribution in [2.24, 2.45) is 0 Å². The van der Waals surface area contributed by atoms with Crippen LogP contribution in [0.4, 0.5) is 4.79 Å². The summed E-state index contributed by atoms with van der Waals surface area (Å²) in [6.45, 7) is 14.3. The van der Waals surface area contributed by atoms with Crippen molar-refractivity contribution in [1.82, 2.24) is 4.90 Å². The molecule has 0 spiro atoms. The first-order valence-corrected chi connectivity index (χ1v) is 17.5. The zero-order chi connectivity index (χ0) is 33.1. The van der Waals surface area contributed by atoms with E-state index in [-0.39, 0.29) is 6.09 Å². The fraction of sp³-hybridized carbons (Fsp3) is 0.488. The molecule has 0 unspecified atom stereocenters. The summed E-state index contributed by atoms with van der Waals surface area (Å²) in [5, 5.41) is 9.04. The summed E-state index contributed by atoms with van der Waals surface area (Å²) in [5.74, 6) is 1.35. The average molecular weight is 616 g/mol. The normalized spacial score (nSPS) is 13.7. The Labute approximate surface area is 275 Å². The van der Waals surface area contributed by atoms with Gasteiger partial charge in [-0.3, -0.25) is 0 Å². The second kappa shape index (κ2) is 25.8. The van der Waals surface area contributed by atoms with E-state index < -0.39 is 0 Å². The molecule has 248 valence electrons. The second-order valence-corrected chi connectivity index (χ2v) is 10.9. The number of aliphatic hydroxyl groups is 1. The molecule has 0 radical (unpaired) electrons. The Bertz CT molecular complexity index is 1120. The number of carbonyl (C=O) groups is 1. The van der Waals surface area contributed by atoms with Crippen molar-refractivity contribution in [3.63, 3.8) is 0 Å². The molecule has 3 aromatic rings. The van der Waals surface area contributed by atoms with Crippen molar-refractivity contribution in [2.75, 3.05) is 19.7 Å². The van der Waals surface area contributed by atoms with E-state index in [9.17, 15) is 4.79 Å². The van der Waals surface area contributed by atoms with Crippen LogP contribution in [0, 0.1) is 0 Å². The summed E-state index contributed by atoms with van der Waals surface area (Å²) in [4.78, 5) is 13.1. The highest BCUT2D eigenvalue weighted by Gasteiger charge is 2.21. The van der Waals surface area contributed by atoms with Crippen molar-refractivity contribution < 1.29 is 14.6 Å². The fourth-order valence-corrected chi connectivity index (χ4v) is 4.97. The molecule has 1 heterocycles. The minimum Gasteiger partial charge on any atom is -0.513 e. The van der Waals surface area contributed by atoms with E-state index in [0.29, 0.717) is 12.4 Å². The van der Waals surface area contributed by atoms with Gasteiger partial charge >= 0.3 is 6.09 Å². The highest BCUT2D eigenvalue weighted by molar-refractivity contribution is 5.69. The minimum absolute atomic E-state index is 0.150. The fourth-order valence-electron chi connectivity index (χ4n) is 4.97. The van der Waals surface area contributed by atoms with E-state index in [1.807, 2.05) is 40.7 Å². The number of nitrogens with zero attached hydrogens (tertiary/aromatic N) is 1. The van der Waals surface area contributed by atoms with E-state index in [2.05, 4.69) is 91.9 Å². The number of carbonyl (C=O) groups excluding carboxylic acids is 1. The van der Waals surface area contributed by atoms with Gasteiger partial charge < -0.3 is 14.7 Å². The van der Waals surface area contributed by atoms with Crippen LogP contribution in [0.15, 0.2) is 96.8 Å². The predicted molar refractivity (Wildman–Crippen MR) is 193 cm³/mol. The molecule has 3 aromatic carbocycles. The number of rotatable bonds is 11. The van der Waals surface area contributed by atoms with Crippen LogP contribution >= 0.6 is 0 Å². The molecule has 1 saturated carbocycles. The molecule has 1 N–H and O–H groups in total. The lowest BCUT2D eigenvalue weighted by Crippen LogP contribution is -2.25. The SMILES string of the molecule is CC.CC.CC/C=C(\O)CCCC.O=C1OCCN1CCCc1cccc(C2CCC2)c1.c1ccc(Cc2ccccc2)cc1. The Kier molecular flexibility index (Phi) is 22.6. The van der Waals surface area contributed by atoms with E-state index in [4.69, 9.17) is 9.84 Å². The highest BCUT2D eigenvalue weighted by Crippen LogP contribution is 2.36. The maximum absolute atomic E-state index is 11.3. The van der Waals surface area contributed by atoms with Crippen LogP contribution in [0.1, 0.15) is 121 Å². The molecule has 0 bridgehead atoms. The number of aryl methyl sites for hydroxylation is 1. The second-order valence-electron chi connectivity index (χ2n) is 10.9. The lowest BCUT2D eigenvalue weighted by atomic mass is 9.79. The number of aliphatic hydroxyl groups excluding tert-OH is 1. The monoisotopic (exact) mass is 615 g/mol. The Morgan fingerprint density at radius 1 is 0.844 bits per heavy atom. The third-order valence-electron chi connectivity index (χ3n) is 7.59. The van der Waals surface area contributed by atoms with Crippen molar-refractivity contribution in [2.45, 2.75) is 112 Å². The van der Waals surface area contributed by atoms with Crippen molar-refractivity contribution in [1.29, 1.82) is 0 Å². The molecule has 4 nitrogen and oxygen atoms in total. The van der Waals surface area contributed by atoms with Gasteiger partial charge in [0.1, 0.15) is 6.61 Å². The Morgan fingerprint density at radius 3 is 1.93 bits per heavy atom. The van der Waals surface area contributed by atoms with E-state index in [0.717, 1.165) is 64.0 Å². The maximum Gasteiger partial charge on any atom is 0.409 e. The molecule has 1 amide bonds. The van der Waals surface area contributed by atoms with Gasteiger partial charge in [0.05, 0.1) is 12.3 Å². The lowest BCUT2D eigenvalue weighted by molar-refractivity contribution is 0.158. The number of benzene rings is 3. The molecule has 0 aromatic heterocycles. The molecular formula is C41H61NO3. The predicted octanol–water partition coefficient (Wildman–Crippen LogP) is 11.7. The van der Waals surface area contributed by atoms with Gasteiger partial charge in [0, 0.05) is 13.0 Å². The van der Waals surface area contributed by atoms with E-state index in [1.165, 1.54) is 41.5 Å². The first kappa shape index (κ1) is 39.5. The van der Waals surface area contributed by atoms with Crippen molar-refractivity contribution >= 4 is 6.09 Å². The largest absolute Gasteiger partial charge is 0.513 e. The van der Waals surface area contributed by atoms with Crippen LogP contribution in [0.25, 0.3) is 0 Å². The molecule has 45 heavy (non-hydrogen) atoms. The van der Waals surface area contributed by atoms with Gasteiger partial charge in [-0.15, -0.1) is 0 Å². The Hall–Kier alpha value is -3.53. The van der Waals surface area contributed by atoms with Gasteiger partial charge in [-0.25, -0.2) is 4.79 Å². The molecule has 1 saturated heterocycles. The van der Waals surface area contributed by atoms with Gasteiger partial charge in [-0.2, -0.15) is 0 Å². The standard InChI is InChI=1S/C16H21NO2.C13H12.C8H16O.2C2H6/c18-16-17(10-11-19-16)9-3-5-13-4-1-8-15(12-13)14-6-2-7-14;1-3-7-12(8-4-1)11-13-9-5-2-6-10-13;1-3-5-7-8(9)6-4-2;2*1-2/h1,4,8,12,14H,2-3,5-7,9-11H2;1-10H,11H2;6,9H,3-5,7H2,1-2H3;2*1-2H3/b;;8-6-;;. The van der Waals surface area contributed by atoms with Crippen LogP contribution in [-0.2, 0) is 17.6 Å². The van der Waals surface area contributed by atoms with Gasteiger partial charge in [0.2, 0.25) is 0 Å². The van der Waals surface area contributed by atoms with E-state index >= 15 is 0 Å². The summed E-state index contributed by atoms with van der Waals surface area (Å²) < 4.78 is 4.93. The molecule has 1 aliphatic carbocycles. The maximum atomic E-state index is 11.3. The summed E-state index contributed by atoms with van der Waals surface area (Å²) in [5.41, 5.74) is 5.64. The molecule has 2 fully saturated rings. The summed E-state index contributed by atoms with van der Waals surface area (Å²) in [6.07, 6.45) is 12.9. The molecule has 2 aliphatic rings. The number of ether oxygens (including phenoxy) is 1. The number of hydrogen-bond acceptors (Lipinski definition) is 3. The molecule has 0 atom stereocenters. The Morgan fingerprint density at radius 2 is 1.44 bits per heavy atom. The number of hydrogen-bond donors (Lipinski definition) is 1. The smallest absolute Gasteiger partial charge is 0.409 e. The first-order valence-electron chi connectivity index (χ1n) is 17.5. The van der Waals surface area contributed by atoms with Crippen LogP contribution in [0.5, 0.6) is 0 Å². The minimum atomic E-state index is -0.150. The number of amides is 1. The average Bonchev–Trinajstić information content (AvgIpc) is 3.47. The topological polar surface area (TPSA) is 49.8 Å². The van der Waals surface area contributed by atoms with Crippen molar-refractivity contribution in [3.8, 4) is 0 Å². The van der Waals surface area contributed by atoms with Crippen LogP contribution in [0.3, 0.4) is 0 Å². The van der Waals surface area contributed by atoms with Crippen LogP contribution in [0.2, 0.25) is 0 Å². The molecule has 4 heteroatoms. The van der Waals surface area contributed by atoms with Gasteiger partial charge in [-0.05, 0) is 79.2 Å². The zero-order valence-electron chi connectivity index (χ0n) is 29.1. The Balaban J connectivity index is 0.000000341. The number of allylic oxidation sites excluding steroid dienone is 2. The number of cyclic esters (lactones) is 1. The van der Waals surface area contributed by atoms with Gasteiger partial charge in [-0.1, -0.05) is 139 Å². The molecular weight excluding hydrogens is 554 g/mol. The van der Waals surface area contributed by atoms with Crippen molar-refractivity contribution in [3.05, 3.63) is 119 Å². The highest BCUT2D eigenvalue weighted by atomic mass is 16.6. The third kappa shape index (κ3) is 16.9. The quantitative estimate of drug-likeness (QED) is 0.218. The third-order valence-corrected chi connectivity index (χ3v) is 7.59. The lowest BCUT2D eigenvalue weighted by Gasteiger charge is -2.26. The number of unbranched alkanes of at least 4 members (excludes halogenated alkanes) is 1. The van der Waals surface area contributed by atoms with Crippen LogP contribution in [-0.4, -0.2) is 35.8 Å². The first-order chi connectivity index (χ1) is 22.1. The summed E-state index contributed by atoms with van der Waals surface area (Å²) in [6, 6.07) is 30.0. The van der Waals surface area contributed by atoms with Gasteiger partial charge in [0.15, 0.2) is 0 Å². The summed E-state index contributed by atoms with van der Waals surface area (Å²) in [7, 11) is 0. The van der Waals surface area contributed by atoms with Crippen LogP contribution < -0.4 is 0 Å². The van der Waals surface area contributed by atoms with Gasteiger partial charge in [0.25, 0.3) is 0 Å². The van der Waals surface area contributed by atoms with E-state index in [1.54, 1.807) is 4.90 Å². The molecule has 1 aliphatic heterocycles. The molecule has 5 rings (SSSR count).